The molecule has 0 spiro atoms. The number of thiophene rings is 1. The Morgan fingerprint density at radius 2 is 1.95 bits per heavy atom. The minimum atomic E-state index is -0.149. The first-order valence-electron chi connectivity index (χ1n) is 7.38. The fourth-order valence-corrected chi connectivity index (χ4v) is 4.41. The van der Waals surface area contributed by atoms with Crippen molar-refractivity contribution in [1.82, 2.24) is 5.32 Å². The maximum absolute atomic E-state index is 13.7. The van der Waals surface area contributed by atoms with E-state index in [1.165, 1.54) is 36.7 Å². The molecule has 0 amide bonds. The van der Waals surface area contributed by atoms with Gasteiger partial charge in [-0.2, -0.15) is 0 Å². The molecule has 2 aliphatic heterocycles. The third kappa shape index (κ3) is 2.21. The Morgan fingerprint density at radius 1 is 1.15 bits per heavy atom. The van der Waals surface area contributed by atoms with E-state index < -0.39 is 0 Å². The van der Waals surface area contributed by atoms with Crippen molar-refractivity contribution in [1.29, 1.82) is 0 Å². The number of rotatable bonds is 2. The van der Waals surface area contributed by atoms with Crippen molar-refractivity contribution in [3.05, 3.63) is 29.4 Å². The second-order valence-corrected chi connectivity index (χ2v) is 6.83. The van der Waals surface area contributed by atoms with Crippen LogP contribution in [-0.4, -0.2) is 18.2 Å². The van der Waals surface area contributed by atoms with Crippen LogP contribution in [0.1, 0.15) is 32.1 Å². The molecule has 4 heteroatoms. The normalized spacial score (nSPS) is 29.6. The number of halogens is 1. The minimum absolute atomic E-state index is 0.149. The molecule has 2 fully saturated rings. The molecule has 1 aromatic carbocycles. The van der Waals surface area contributed by atoms with Crippen LogP contribution in [0.5, 0.6) is 5.75 Å². The number of hydrogen-bond acceptors (Lipinski definition) is 3. The predicted molar refractivity (Wildman–Crippen MR) is 80.0 cm³/mol. The molecule has 4 rings (SSSR count). The summed E-state index contributed by atoms with van der Waals surface area (Å²) in [6.07, 6.45) is 6.25. The molecular formula is C16H18FNOS. The second kappa shape index (κ2) is 5.01. The van der Waals surface area contributed by atoms with Crippen molar-refractivity contribution in [2.45, 2.75) is 50.3 Å². The SMILES string of the molecule is Fc1ccc(OC2C[C@H]3CCC[C@@H](C2)N3)c2ccsc12. The summed E-state index contributed by atoms with van der Waals surface area (Å²) in [6, 6.07) is 6.47. The summed E-state index contributed by atoms with van der Waals surface area (Å²) in [5.41, 5.74) is 0. The summed E-state index contributed by atoms with van der Waals surface area (Å²) in [5.74, 6) is 0.692. The van der Waals surface area contributed by atoms with Crippen LogP contribution in [-0.2, 0) is 0 Å². The molecule has 1 aromatic heterocycles. The number of nitrogens with one attached hydrogen (secondary N) is 1. The molecule has 3 heterocycles. The number of benzene rings is 1. The van der Waals surface area contributed by atoms with Crippen LogP contribution in [0.25, 0.3) is 10.1 Å². The van der Waals surface area contributed by atoms with E-state index >= 15 is 0 Å². The molecule has 20 heavy (non-hydrogen) atoms. The van der Waals surface area contributed by atoms with Crippen molar-refractivity contribution < 1.29 is 9.13 Å². The molecule has 2 nitrogen and oxygen atoms in total. The van der Waals surface area contributed by atoms with E-state index in [2.05, 4.69) is 5.32 Å². The van der Waals surface area contributed by atoms with Gasteiger partial charge in [0.05, 0.1) is 4.70 Å². The van der Waals surface area contributed by atoms with Crippen molar-refractivity contribution in [2.75, 3.05) is 0 Å². The summed E-state index contributed by atoms with van der Waals surface area (Å²) in [5, 5.41) is 6.52. The average molecular weight is 291 g/mol. The lowest BCUT2D eigenvalue weighted by atomic mass is 9.85. The first-order valence-corrected chi connectivity index (χ1v) is 8.26. The van der Waals surface area contributed by atoms with Gasteiger partial charge in [0.1, 0.15) is 17.7 Å². The summed E-state index contributed by atoms with van der Waals surface area (Å²) >= 11 is 1.44. The van der Waals surface area contributed by atoms with Gasteiger partial charge in [-0.1, -0.05) is 6.42 Å². The van der Waals surface area contributed by atoms with Crippen LogP contribution >= 0.6 is 11.3 Å². The van der Waals surface area contributed by atoms with Crippen LogP contribution < -0.4 is 10.1 Å². The predicted octanol–water partition coefficient (Wildman–Crippen LogP) is 4.09. The molecule has 0 radical (unpaired) electrons. The topological polar surface area (TPSA) is 21.3 Å². The van der Waals surface area contributed by atoms with Gasteiger partial charge in [0.15, 0.2) is 0 Å². The highest BCUT2D eigenvalue weighted by atomic mass is 32.1. The molecule has 2 aromatic rings. The lowest BCUT2D eigenvalue weighted by Gasteiger charge is -2.40. The van der Waals surface area contributed by atoms with E-state index in [4.69, 9.17) is 4.74 Å². The second-order valence-electron chi connectivity index (χ2n) is 5.91. The van der Waals surface area contributed by atoms with Crippen molar-refractivity contribution >= 4 is 21.4 Å². The lowest BCUT2D eigenvalue weighted by Crippen LogP contribution is -2.51. The van der Waals surface area contributed by atoms with E-state index in [1.807, 2.05) is 11.4 Å². The first kappa shape index (κ1) is 12.6. The molecule has 3 atom stereocenters. The van der Waals surface area contributed by atoms with Gasteiger partial charge >= 0.3 is 0 Å². The quantitative estimate of drug-likeness (QED) is 0.899. The first-order chi connectivity index (χ1) is 9.79. The zero-order valence-corrected chi connectivity index (χ0v) is 12.1. The highest BCUT2D eigenvalue weighted by molar-refractivity contribution is 7.17. The monoisotopic (exact) mass is 291 g/mol. The fraction of sp³-hybridized carbons (Fsp3) is 0.500. The summed E-state index contributed by atoms with van der Waals surface area (Å²) in [7, 11) is 0. The number of fused-ring (bicyclic) bond motifs is 3. The fourth-order valence-electron chi connectivity index (χ4n) is 3.59. The molecule has 0 saturated carbocycles. The smallest absolute Gasteiger partial charge is 0.141 e. The summed E-state index contributed by atoms with van der Waals surface area (Å²) < 4.78 is 20.6. The average Bonchev–Trinajstić information content (AvgIpc) is 2.92. The third-order valence-corrected chi connectivity index (χ3v) is 5.42. The van der Waals surface area contributed by atoms with Crippen LogP contribution in [0.4, 0.5) is 4.39 Å². The maximum Gasteiger partial charge on any atom is 0.141 e. The molecular weight excluding hydrogens is 273 g/mol. The van der Waals surface area contributed by atoms with Gasteiger partial charge in [-0.05, 0) is 49.3 Å². The Labute approximate surface area is 121 Å². The van der Waals surface area contributed by atoms with Gasteiger partial charge in [0.2, 0.25) is 0 Å². The van der Waals surface area contributed by atoms with E-state index in [0.717, 1.165) is 24.0 Å². The number of piperidine rings is 2. The van der Waals surface area contributed by atoms with E-state index in [0.29, 0.717) is 16.8 Å². The number of ether oxygens (including phenoxy) is 1. The zero-order chi connectivity index (χ0) is 13.5. The van der Waals surface area contributed by atoms with Crippen molar-refractivity contribution in [2.24, 2.45) is 0 Å². The Morgan fingerprint density at radius 3 is 2.75 bits per heavy atom. The van der Waals surface area contributed by atoms with E-state index in [9.17, 15) is 4.39 Å². The Kier molecular flexibility index (Phi) is 3.15. The van der Waals surface area contributed by atoms with Gasteiger partial charge < -0.3 is 10.1 Å². The van der Waals surface area contributed by atoms with E-state index in [1.54, 1.807) is 6.07 Å². The maximum atomic E-state index is 13.7. The van der Waals surface area contributed by atoms with Crippen LogP contribution in [0.2, 0.25) is 0 Å². The Balaban J connectivity index is 1.58. The third-order valence-electron chi connectivity index (χ3n) is 4.49. The highest BCUT2D eigenvalue weighted by Gasteiger charge is 2.32. The highest BCUT2D eigenvalue weighted by Crippen LogP contribution is 2.35. The van der Waals surface area contributed by atoms with Gasteiger partial charge in [-0.3, -0.25) is 0 Å². The molecule has 2 aliphatic rings. The van der Waals surface area contributed by atoms with E-state index in [-0.39, 0.29) is 11.9 Å². The van der Waals surface area contributed by atoms with Crippen LogP contribution in [0.15, 0.2) is 23.6 Å². The molecule has 2 bridgehead atoms. The van der Waals surface area contributed by atoms with Crippen LogP contribution in [0, 0.1) is 5.82 Å². The molecule has 0 aliphatic carbocycles. The summed E-state index contributed by atoms with van der Waals surface area (Å²) in [4.78, 5) is 0. The molecule has 1 unspecified atom stereocenters. The standard InChI is InChI=1S/C16H18FNOS/c17-14-4-5-15(13-6-7-20-16(13)14)19-12-8-10-2-1-3-11(9-12)18-10/h4-7,10-12,18H,1-3,8-9H2/t10-,11+,12?. The zero-order valence-electron chi connectivity index (χ0n) is 11.3. The van der Waals surface area contributed by atoms with Crippen LogP contribution in [0.3, 0.4) is 0 Å². The van der Waals surface area contributed by atoms with Gasteiger partial charge in [-0.15, -0.1) is 11.3 Å². The van der Waals surface area contributed by atoms with Gasteiger partial charge in [0, 0.05) is 17.5 Å². The number of hydrogen-bond donors (Lipinski definition) is 1. The molecule has 106 valence electrons. The molecule has 2 saturated heterocycles. The molecule has 1 N–H and O–H groups in total. The Hall–Kier alpha value is -1.13. The van der Waals surface area contributed by atoms with Gasteiger partial charge in [0.25, 0.3) is 0 Å². The van der Waals surface area contributed by atoms with Crippen molar-refractivity contribution in [3.8, 4) is 5.75 Å². The summed E-state index contributed by atoms with van der Waals surface area (Å²) in [6.45, 7) is 0. The largest absolute Gasteiger partial charge is 0.490 e. The Bertz CT molecular complexity index is 614. The minimum Gasteiger partial charge on any atom is -0.490 e. The lowest BCUT2D eigenvalue weighted by molar-refractivity contribution is 0.0939. The van der Waals surface area contributed by atoms with Crippen molar-refractivity contribution in [3.63, 3.8) is 0 Å². The van der Waals surface area contributed by atoms with Gasteiger partial charge in [-0.25, -0.2) is 4.39 Å².